The molecule has 1 aromatic carbocycles. The van der Waals surface area contributed by atoms with Crippen molar-refractivity contribution in [3.05, 3.63) is 68.9 Å². The van der Waals surface area contributed by atoms with Crippen molar-refractivity contribution in [1.82, 2.24) is 14.5 Å². The summed E-state index contributed by atoms with van der Waals surface area (Å²) in [5.41, 5.74) is 4.50. The molecule has 2 aliphatic rings. The number of allylic oxidation sites excluding steroid dienone is 6. The third-order valence-electron chi connectivity index (χ3n) is 5.38. The summed E-state index contributed by atoms with van der Waals surface area (Å²) in [6.45, 7) is 0.723. The van der Waals surface area contributed by atoms with E-state index in [1.54, 1.807) is 18.2 Å². The Kier molecular flexibility index (Phi) is 4.92. The Labute approximate surface area is 164 Å². The van der Waals surface area contributed by atoms with Crippen LogP contribution in [-0.2, 0) is 6.54 Å². The van der Waals surface area contributed by atoms with Crippen molar-refractivity contribution in [2.75, 3.05) is 14.1 Å². The Bertz CT molecular complexity index is 1040. The van der Waals surface area contributed by atoms with Gasteiger partial charge in [0.25, 0.3) is 5.56 Å². The van der Waals surface area contributed by atoms with E-state index in [9.17, 15) is 4.79 Å². The molecule has 0 radical (unpaired) electrons. The Morgan fingerprint density at radius 3 is 2.74 bits per heavy atom. The number of benzene rings is 1. The first-order valence-electron chi connectivity index (χ1n) is 9.51. The summed E-state index contributed by atoms with van der Waals surface area (Å²) >= 11 is 6.13. The van der Waals surface area contributed by atoms with Gasteiger partial charge in [0.05, 0.1) is 10.9 Å². The van der Waals surface area contributed by atoms with E-state index in [0.717, 1.165) is 50.0 Å². The highest BCUT2D eigenvalue weighted by molar-refractivity contribution is 6.31. The van der Waals surface area contributed by atoms with Gasteiger partial charge in [-0.1, -0.05) is 23.8 Å². The molecule has 2 heterocycles. The van der Waals surface area contributed by atoms with Crippen LogP contribution in [0.3, 0.4) is 0 Å². The number of hydrogen-bond donors (Lipinski definition) is 0. The first-order valence-corrected chi connectivity index (χ1v) is 9.89. The van der Waals surface area contributed by atoms with E-state index < -0.39 is 0 Å². The van der Waals surface area contributed by atoms with Crippen molar-refractivity contribution in [1.29, 1.82) is 0 Å². The molecule has 1 aliphatic heterocycles. The van der Waals surface area contributed by atoms with Crippen LogP contribution in [0.1, 0.15) is 37.9 Å². The Balaban J connectivity index is 1.83. The number of fused-ring (bicyclic) bond motifs is 2. The van der Waals surface area contributed by atoms with Gasteiger partial charge in [0.15, 0.2) is 0 Å². The summed E-state index contributed by atoms with van der Waals surface area (Å²) in [6.07, 6.45) is 11.7. The van der Waals surface area contributed by atoms with Gasteiger partial charge in [-0.2, -0.15) is 0 Å². The molecule has 1 aromatic heterocycles. The number of nitrogens with zero attached hydrogens (tertiary/aromatic N) is 3. The van der Waals surface area contributed by atoms with E-state index in [-0.39, 0.29) is 5.56 Å². The maximum Gasteiger partial charge on any atom is 0.261 e. The van der Waals surface area contributed by atoms with Crippen molar-refractivity contribution in [3.8, 4) is 0 Å². The molecule has 4 nitrogen and oxygen atoms in total. The first kappa shape index (κ1) is 18.1. The number of hydrogen-bond acceptors (Lipinski definition) is 3. The van der Waals surface area contributed by atoms with E-state index in [4.69, 9.17) is 16.6 Å². The van der Waals surface area contributed by atoms with Crippen LogP contribution in [0.4, 0.5) is 0 Å². The van der Waals surface area contributed by atoms with Crippen molar-refractivity contribution >= 4 is 28.1 Å². The van der Waals surface area contributed by atoms with Crippen LogP contribution in [0.5, 0.6) is 0 Å². The van der Waals surface area contributed by atoms with Crippen molar-refractivity contribution in [2.45, 2.75) is 38.6 Å². The SMILES string of the molecule is CN(C)C1=CC=C(/C=C2\CCCCn3c2nc2cc(Cl)ccc2c3=O)CC1. The summed E-state index contributed by atoms with van der Waals surface area (Å²) in [6, 6.07) is 5.33. The fraction of sp³-hybridized carbons (Fsp3) is 0.364. The second-order valence-electron chi connectivity index (χ2n) is 7.47. The lowest BCUT2D eigenvalue weighted by molar-refractivity contribution is 0.484. The highest BCUT2D eigenvalue weighted by atomic mass is 35.5. The molecule has 0 unspecified atom stereocenters. The minimum absolute atomic E-state index is 0.0341. The van der Waals surface area contributed by atoms with Crippen LogP contribution in [0.15, 0.2) is 52.5 Å². The Morgan fingerprint density at radius 1 is 1.15 bits per heavy atom. The zero-order chi connectivity index (χ0) is 19.0. The molecule has 4 rings (SSSR count). The second-order valence-corrected chi connectivity index (χ2v) is 7.91. The standard InChI is InChI=1S/C22H24ClN3O/c1-25(2)18-9-6-15(7-10-18)13-16-5-3-4-12-26-21(16)24-20-14-17(23)8-11-19(20)22(26)27/h6,8-9,11,13-14H,3-5,7,10,12H2,1-2H3/b16-13+. The topological polar surface area (TPSA) is 38.1 Å². The molecular formula is C22H24ClN3O. The lowest BCUT2D eigenvalue weighted by Gasteiger charge is -2.20. The van der Waals surface area contributed by atoms with Crippen LogP contribution in [0, 0.1) is 0 Å². The number of halogens is 1. The molecule has 0 amide bonds. The predicted molar refractivity (Wildman–Crippen MR) is 112 cm³/mol. The van der Waals surface area contributed by atoms with Crippen molar-refractivity contribution in [3.63, 3.8) is 0 Å². The maximum absolute atomic E-state index is 13.0. The highest BCUT2D eigenvalue weighted by Crippen LogP contribution is 2.29. The molecule has 0 bridgehead atoms. The Morgan fingerprint density at radius 2 is 2.00 bits per heavy atom. The van der Waals surface area contributed by atoms with Crippen LogP contribution >= 0.6 is 11.6 Å². The molecule has 0 spiro atoms. The summed E-state index contributed by atoms with van der Waals surface area (Å²) < 4.78 is 1.85. The van der Waals surface area contributed by atoms with Gasteiger partial charge in [-0.05, 0) is 67.5 Å². The largest absolute Gasteiger partial charge is 0.381 e. The predicted octanol–water partition coefficient (Wildman–Crippen LogP) is 4.78. The van der Waals surface area contributed by atoms with Gasteiger partial charge in [-0.25, -0.2) is 4.98 Å². The minimum Gasteiger partial charge on any atom is -0.381 e. The Hall–Kier alpha value is -2.33. The van der Waals surface area contributed by atoms with Crippen LogP contribution in [0.25, 0.3) is 16.5 Å². The molecule has 0 fully saturated rings. The molecule has 0 N–H and O–H groups in total. The maximum atomic E-state index is 13.0. The molecule has 1 aliphatic carbocycles. The number of rotatable bonds is 2. The number of aromatic nitrogens is 2. The third kappa shape index (κ3) is 3.59. The molecule has 0 atom stereocenters. The molecule has 0 saturated heterocycles. The summed E-state index contributed by atoms with van der Waals surface area (Å²) in [5.74, 6) is 0.801. The molecule has 2 aromatic rings. The summed E-state index contributed by atoms with van der Waals surface area (Å²) in [7, 11) is 4.16. The van der Waals surface area contributed by atoms with Gasteiger partial charge < -0.3 is 4.90 Å². The fourth-order valence-corrected chi connectivity index (χ4v) is 4.01. The van der Waals surface area contributed by atoms with Crippen LogP contribution < -0.4 is 5.56 Å². The van der Waals surface area contributed by atoms with Crippen molar-refractivity contribution in [2.24, 2.45) is 0 Å². The van der Waals surface area contributed by atoms with Gasteiger partial charge in [0.1, 0.15) is 5.82 Å². The van der Waals surface area contributed by atoms with Gasteiger partial charge >= 0.3 is 0 Å². The van der Waals surface area contributed by atoms with Gasteiger partial charge in [-0.3, -0.25) is 9.36 Å². The monoisotopic (exact) mass is 381 g/mol. The molecule has 0 saturated carbocycles. The smallest absolute Gasteiger partial charge is 0.261 e. The summed E-state index contributed by atoms with van der Waals surface area (Å²) in [4.78, 5) is 20.0. The quantitative estimate of drug-likeness (QED) is 0.751. The molecule has 27 heavy (non-hydrogen) atoms. The van der Waals surface area contributed by atoms with Gasteiger partial charge in [0.2, 0.25) is 0 Å². The lowest BCUT2D eigenvalue weighted by atomic mass is 9.98. The highest BCUT2D eigenvalue weighted by Gasteiger charge is 2.18. The van der Waals surface area contributed by atoms with E-state index in [1.807, 2.05) is 4.57 Å². The van der Waals surface area contributed by atoms with Gasteiger partial charge in [-0.15, -0.1) is 0 Å². The van der Waals surface area contributed by atoms with Gasteiger partial charge in [0, 0.05) is 31.4 Å². The average molecular weight is 382 g/mol. The van der Waals surface area contributed by atoms with Crippen LogP contribution in [0.2, 0.25) is 5.02 Å². The minimum atomic E-state index is 0.0341. The average Bonchev–Trinajstić information content (AvgIpc) is 2.85. The zero-order valence-corrected chi connectivity index (χ0v) is 16.6. The third-order valence-corrected chi connectivity index (χ3v) is 5.61. The van der Waals surface area contributed by atoms with Crippen molar-refractivity contribution < 1.29 is 0 Å². The fourth-order valence-electron chi connectivity index (χ4n) is 3.84. The van der Waals surface area contributed by atoms with E-state index in [2.05, 4.69) is 37.2 Å². The molecule has 140 valence electrons. The normalized spacial score (nSPS) is 18.7. The first-order chi connectivity index (χ1) is 13.0. The lowest BCUT2D eigenvalue weighted by Crippen LogP contribution is -2.24. The van der Waals surface area contributed by atoms with E-state index >= 15 is 0 Å². The van der Waals surface area contributed by atoms with E-state index in [0.29, 0.717) is 15.9 Å². The van der Waals surface area contributed by atoms with E-state index in [1.165, 1.54) is 11.3 Å². The zero-order valence-electron chi connectivity index (χ0n) is 15.8. The summed E-state index contributed by atoms with van der Waals surface area (Å²) in [5, 5.41) is 1.25. The molecule has 5 heteroatoms. The molecular weight excluding hydrogens is 358 g/mol. The second kappa shape index (κ2) is 7.35. The van der Waals surface area contributed by atoms with Crippen LogP contribution in [-0.4, -0.2) is 28.5 Å².